The molecule has 1 amide bonds. The first-order chi connectivity index (χ1) is 9.61. The van der Waals surface area contributed by atoms with Gasteiger partial charge in [0.05, 0.1) is 0 Å². The lowest BCUT2D eigenvalue weighted by Crippen LogP contribution is -2.29. The number of benzene rings is 1. The number of carbonyl (C=O) groups excluding carboxylic acids is 1. The van der Waals surface area contributed by atoms with Crippen LogP contribution >= 0.6 is 11.6 Å². The van der Waals surface area contributed by atoms with E-state index in [0.717, 1.165) is 37.2 Å². The summed E-state index contributed by atoms with van der Waals surface area (Å²) in [5.74, 6) is 0.791. The Bertz CT molecular complexity index is 479. The van der Waals surface area contributed by atoms with Crippen LogP contribution in [0.25, 0.3) is 0 Å². The fraction of sp³-hybridized carbons (Fsp3) is 0.533. The molecule has 1 aromatic carbocycles. The highest BCUT2D eigenvalue weighted by Crippen LogP contribution is 2.26. The number of carbonyl (C=O) groups is 1. The number of likely N-dealkylation sites (N-methyl/N-ethyl adjacent to an activating group) is 1. The molecule has 5 heteroatoms. The highest BCUT2D eigenvalue weighted by atomic mass is 35.5. The maximum atomic E-state index is 11.9. The molecule has 1 aromatic rings. The maximum absolute atomic E-state index is 11.9. The van der Waals surface area contributed by atoms with Crippen LogP contribution in [0.4, 0.5) is 0 Å². The zero-order valence-electron chi connectivity index (χ0n) is 12.0. The molecule has 0 aliphatic carbocycles. The smallest absolute Gasteiger partial charge is 0.263 e. The number of halogens is 1. The maximum Gasteiger partial charge on any atom is 0.263 e. The van der Waals surface area contributed by atoms with Gasteiger partial charge >= 0.3 is 0 Å². The SMILES string of the molecule is CCCNCc1cc(Cl)ccc1OC1CCN(C)C1=O. The standard InChI is InChI=1S/C15H21ClN2O2/c1-3-7-17-10-11-9-12(16)4-5-13(11)20-14-6-8-18(2)15(14)19/h4-5,9,14,17H,3,6-8,10H2,1-2H3. The second kappa shape index (κ2) is 6.95. The summed E-state index contributed by atoms with van der Waals surface area (Å²) in [5.41, 5.74) is 0.994. The van der Waals surface area contributed by atoms with Crippen molar-refractivity contribution in [1.29, 1.82) is 0 Å². The van der Waals surface area contributed by atoms with Gasteiger partial charge in [0, 0.05) is 37.1 Å². The summed E-state index contributed by atoms with van der Waals surface area (Å²) in [6.07, 6.45) is 1.44. The van der Waals surface area contributed by atoms with Crippen molar-refractivity contribution in [1.82, 2.24) is 10.2 Å². The minimum absolute atomic E-state index is 0.0485. The predicted octanol–water partition coefficient (Wildman–Crippen LogP) is 2.45. The first-order valence-electron chi connectivity index (χ1n) is 7.02. The molecule has 4 nitrogen and oxygen atoms in total. The van der Waals surface area contributed by atoms with E-state index in [-0.39, 0.29) is 12.0 Å². The summed E-state index contributed by atoms with van der Waals surface area (Å²) >= 11 is 6.04. The fourth-order valence-electron chi connectivity index (χ4n) is 2.25. The number of hydrogen-bond acceptors (Lipinski definition) is 3. The zero-order chi connectivity index (χ0) is 14.5. The van der Waals surface area contributed by atoms with Crippen LogP contribution in [0, 0.1) is 0 Å². The summed E-state index contributed by atoms with van der Waals surface area (Å²) in [6.45, 7) is 4.51. The van der Waals surface area contributed by atoms with E-state index in [1.54, 1.807) is 18.0 Å². The van der Waals surface area contributed by atoms with Crippen molar-refractivity contribution in [3.8, 4) is 5.75 Å². The molecule has 2 rings (SSSR count). The Morgan fingerprint density at radius 2 is 2.30 bits per heavy atom. The second-order valence-electron chi connectivity index (χ2n) is 5.08. The summed E-state index contributed by atoms with van der Waals surface area (Å²) in [6, 6.07) is 5.53. The molecule has 1 saturated heterocycles. The number of nitrogens with zero attached hydrogens (tertiary/aromatic N) is 1. The van der Waals surface area contributed by atoms with Crippen molar-refractivity contribution in [2.75, 3.05) is 20.1 Å². The third-order valence-corrected chi connectivity index (χ3v) is 3.65. The Kier molecular flexibility index (Phi) is 5.26. The van der Waals surface area contributed by atoms with Gasteiger partial charge < -0.3 is 15.0 Å². The molecule has 1 unspecified atom stereocenters. The van der Waals surface area contributed by atoms with E-state index < -0.39 is 0 Å². The van der Waals surface area contributed by atoms with Crippen molar-refractivity contribution in [3.05, 3.63) is 28.8 Å². The van der Waals surface area contributed by atoms with Gasteiger partial charge in [-0.25, -0.2) is 0 Å². The van der Waals surface area contributed by atoms with E-state index in [2.05, 4.69) is 12.2 Å². The summed E-state index contributed by atoms with van der Waals surface area (Å²) < 4.78 is 5.88. The van der Waals surface area contributed by atoms with Gasteiger partial charge in [-0.15, -0.1) is 0 Å². The van der Waals surface area contributed by atoms with Crippen LogP contribution in [0.15, 0.2) is 18.2 Å². The van der Waals surface area contributed by atoms with Crippen LogP contribution in [0.2, 0.25) is 5.02 Å². The minimum atomic E-state index is -0.369. The number of ether oxygens (including phenoxy) is 1. The number of amides is 1. The first-order valence-corrected chi connectivity index (χ1v) is 7.40. The Labute approximate surface area is 125 Å². The summed E-state index contributed by atoms with van der Waals surface area (Å²) in [4.78, 5) is 13.6. The van der Waals surface area contributed by atoms with Crippen LogP contribution in [-0.2, 0) is 11.3 Å². The number of likely N-dealkylation sites (tertiary alicyclic amines) is 1. The molecule has 0 spiro atoms. The number of nitrogens with one attached hydrogen (secondary N) is 1. The molecule has 1 aliphatic heterocycles. The molecule has 1 fully saturated rings. The van der Waals surface area contributed by atoms with E-state index in [0.29, 0.717) is 11.6 Å². The van der Waals surface area contributed by atoms with Crippen LogP contribution in [-0.4, -0.2) is 37.0 Å². The van der Waals surface area contributed by atoms with E-state index >= 15 is 0 Å². The van der Waals surface area contributed by atoms with Crippen molar-refractivity contribution in [2.24, 2.45) is 0 Å². The van der Waals surface area contributed by atoms with Crippen LogP contribution in [0.1, 0.15) is 25.3 Å². The predicted molar refractivity (Wildman–Crippen MR) is 80.1 cm³/mol. The van der Waals surface area contributed by atoms with Gasteiger partial charge in [0.1, 0.15) is 5.75 Å². The first kappa shape index (κ1) is 15.1. The lowest BCUT2D eigenvalue weighted by molar-refractivity contribution is -0.132. The Hall–Kier alpha value is -1.26. The van der Waals surface area contributed by atoms with E-state index in [1.807, 2.05) is 12.1 Å². The Morgan fingerprint density at radius 1 is 1.50 bits per heavy atom. The highest BCUT2D eigenvalue weighted by Gasteiger charge is 2.31. The van der Waals surface area contributed by atoms with Crippen molar-refractivity contribution >= 4 is 17.5 Å². The number of hydrogen-bond donors (Lipinski definition) is 1. The lowest BCUT2D eigenvalue weighted by Gasteiger charge is -2.16. The van der Waals surface area contributed by atoms with Gasteiger partial charge in [-0.2, -0.15) is 0 Å². The molecule has 1 heterocycles. The number of rotatable bonds is 6. The molecule has 20 heavy (non-hydrogen) atoms. The lowest BCUT2D eigenvalue weighted by atomic mass is 10.2. The van der Waals surface area contributed by atoms with Gasteiger partial charge in [-0.1, -0.05) is 18.5 Å². The monoisotopic (exact) mass is 296 g/mol. The third kappa shape index (κ3) is 3.64. The quantitative estimate of drug-likeness (QED) is 0.820. The van der Waals surface area contributed by atoms with Crippen molar-refractivity contribution in [3.63, 3.8) is 0 Å². The molecule has 0 aromatic heterocycles. The highest BCUT2D eigenvalue weighted by molar-refractivity contribution is 6.30. The average molecular weight is 297 g/mol. The summed E-state index contributed by atoms with van der Waals surface area (Å²) in [7, 11) is 1.80. The second-order valence-corrected chi connectivity index (χ2v) is 5.52. The average Bonchev–Trinajstić information content (AvgIpc) is 2.74. The summed E-state index contributed by atoms with van der Waals surface area (Å²) in [5, 5.41) is 4.01. The van der Waals surface area contributed by atoms with Gasteiger partial charge in [0.25, 0.3) is 5.91 Å². The van der Waals surface area contributed by atoms with Crippen LogP contribution < -0.4 is 10.1 Å². The fourth-order valence-corrected chi connectivity index (χ4v) is 2.45. The minimum Gasteiger partial charge on any atom is -0.480 e. The van der Waals surface area contributed by atoms with Crippen molar-refractivity contribution < 1.29 is 9.53 Å². The zero-order valence-corrected chi connectivity index (χ0v) is 12.7. The molecule has 1 N–H and O–H groups in total. The van der Waals surface area contributed by atoms with Crippen molar-refractivity contribution in [2.45, 2.75) is 32.4 Å². The van der Waals surface area contributed by atoms with Crippen LogP contribution in [0.5, 0.6) is 5.75 Å². The third-order valence-electron chi connectivity index (χ3n) is 3.41. The molecule has 0 bridgehead atoms. The van der Waals surface area contributed by atoms with E-state index in [1.165, 1.54) is 0 Å². The molecular formula is C15H21ClN2O2. The Balaban J connectivity index is 2.08. The largest absolute Gasteiger partial charge is 0.480 e. The van der Waals surface area contributed by atoms with E-state index in [9.17, 15) is 4.79 Å². The van der Waals surface area contributed by atoms with Crippen LogP contribution in [0.3, 0.4) is 0 Å². The molecule has 0 saturated carbocycles. The Morgan fingerprint density at radius 3 is 2.95 bits per heavy atom. The van der Waals surface area contributed by atoms with Gasteiger partial charge in [0.15, 0.2) is 6.10 Å². The normalized spacial score (nSPS) is 18.6. The van der Waals surface area contributed by atoms with Gasteiger partial charge in [-0.05, 0) is 31.2 Å². The van der Waals surface area contributed by atoms with Gasteiger partial charge in [-0.3, -0.25) is 4.79 Å². The molecular weight excluding hydrogens is 276 g/mol. The molecule has 1 aliphatic rings. The molecule has 110 valence electrons. The molecule has 0 radical (unpaired) electrons. The molecule has 1 atom stereocenters. The topological polar surface area (TPSA) is 41.6 Å². The van der Waals surface area contributed by atoms with E-state index in [4.69, 9.17) is 16.3 Å². The van der Waals surface area contributed by atoms with Gasteiger partial charge in [0.2, 0.25) is 0 Å².